The van der Waals surface area contributed by atoms with Crippen LogP contribution in [0.5, 0.6) is 11.5 Å². The summed E-state index contributed by atoms with van der Waals surface area (Å²) in [6, 6.07) is 13.8. The van der Waals surface area contributed by atoms with Gasteiger partial charge in [0, 0.05) is 12.1 Å². The number of hydrogen-bond donors (Lipinski definition) is 0. The molecule has 0 bridgehead atoms. The van der Waals surface area contributed by atoms with E-state index in [0.29, 0.717) is 49.3 Å². The molecule has 2 rings (SSSR count). The molecule has 0 amide bonds. The van der Waals surface area contributed by atoms with Crippen LogP contribution in [0.15, 0.2) is 48.5 Å². The number of diazo groups is 2. The Balaban J connectivity index is 1.63. The first-order chi connectivity index (χ1) is 11.3. The average molecular weight is 312 g/mol. The van der Waals surface area contributed by atoms with E-state index in [2.05, 4.69) is 9.95 Å². The molecule has 0 unspecified atom stereocenters. The van der Waals surface area contributed by atoms with Crippen LogP contribution in [-0.4, -0.2) is 26.4 Å². The number of nitrogens with zero attached hydrogens (tertiary/aromatic N) is 4. The van der Waals surface area contributed by atoms with Crippen LogP contribution in [0.2, 0.25) is 0 Å². The van der Waals surface area contributed by atoms with Gasteiger partial charge in [-0.05, 0) is 12.1 Å². The molecule has 0 N–H and O–H groups in total. The minimum absolute atomic E-state index is 0.328. The summed E-state index contributed by atoms with van der Waals surface area (Å²) in [6.07, 6.45) is 0. The van der Waals surface area contributed by atoms with E-state index in [1.807, 2.05) is 0 Å². The third kappa shape index (κ3) is 4.95. The summed E-state index contributed by atoms with van der Waals surface area (Å²) in [5.74, 6) is 0.988. The molecule has 0 fully saturated rings. The molecule has 7 heteroatoms. The zero-order valence-electron chi connectivity index (χ0n) is 12.5. The van der Waals surface area contributed by atoms with Crippen molar-refractivity contribution < 1.29 is 14.2 Å². The summed E-state index contributed by atoms with van der Waals surface area (Å²) in [4.78, 5) is 6.27. The molecule has 0 aliphatic rings. The van der Waals surface area contributed by atoms with Gasteiger partial charge in [-0.2, -0.15) is 0 Å². The molecule has 0 atom stereocenters. The average Bonchev–Trinajstić information content (AvgIpc) is 2.61. The Labute approximate surface area is 133 Å². The van der Waals surface area contributed by atoms with E-state index in [0.717, 1.165) is 0 Å². The highest BCUT2D eigenvalue weighted by Gasteiger charge is 2.14. The first-order valence-electron chi connectivity index (χ1n) is 7.06. The van der Waals surface area contributed by atoms with Gasteiger partial charge in [0.2, 0.25) is 22.3 Å². The SMILES string of the molecule is N#[N+]c1ccccc1OCCOCCOc1ccccc1[N+]#N. The molecule has 0 heterocycles. The van der Waals surface area contributed by atoms with Gasteiger partial charge in [-0.1, -0.05) is 24.3 Å². The molecule has 2 aromatic rings. The van der Waals surface area contributed by atoms with Gasteiger partial charge in [-0.3, -0.25) is 0 Å². The monoisotopic (exact) mass is 312 g/mol. The van der Waals surface area contributed by atoms with Gasteiger partial charge in [0.05, 0.1) is 13.2 Å². The molecule has 116 valence electrons. The number of hydrogen-bond acceptors (Lipinski definition) is 5. The fourth-order valence-electron chi connectivity index (χ4n) is 1.85. The van der Waals surface area contributed by atoms with E-state index in [9.17, 15) is 0 Å². The maximum Gasteiger partial charge on any atom is 0.426 e. The van der Waals surface area contributed by atoms with Gasteiger partial charge in [-0.15, -0.1) is 0 Å². The van der Waals surface area contributed by atoms with E-state index in [4.69, 9.17) is 25.0 Å². The van der Waals surface area contributed by atoms with Crippen molar-refractivity contribution in [1.29, 1.82) is 10.8 Å². The number of rotatable bonds is 8. The van der Waals surface area contributed by atoms with Crippen LogP contribution in [-0.2, 0) is 4.74 Å². The van der Waals surface area contributed by atoms with Crippen molar-refractivity contribution in [2.75, 3.05) is 26.4 Å². The normalized spacial score (nSPS) is 9.65. The lowest BCUT2D eigenvalue weighted by Crippen LogP contribution is -2.12. The summed E-state index contributed by atoms with van der Waals surface area (Å²) < 4.78 is 16.3. The summed E-state index contributed by atoms with van der Waals surface area (Å²) in [6.45, 7) is 1.40. The lowest BCUT2D eigenvalue weighted by Gasteiger charge is -2.06. The third-order valence-electron chi connectivity index (χ3n) is 2.92. The van der Waals surface area contributed by atoms with Gasteiger partial charge in [-0.25, -0.2) is 0 Å². The van der Waals surface area contributed by atoms with E-state index in [1.165, 1.54) is 0 Å². The Morgan fingerprint density at radius 1 is 0.652 bits per heavy atom. The summed E-state index contributed by atoms with van der Waals surface area (Å²) in [5, 5.41) is 17.6. The highest BCUT2D eigenvalue weighted by molar-refractivity contribution is 5.56. The van der Waals surface area contributed by atoms with Crippen LogP contribution in [0.1, 0.15) is 0 Å². The van der Waals surface area contributed by atoms with E-state index >= 15 is 0 Å². The Hall–Kier alpha value is -3.16. The first kappa shape index (κ1) is 16.2. The van der Waals surface area contributed by atoms with Gasteiger partial charge in [0.1, 0.15) is 13.2 Å². The van der Waals surface area contributed by atoms with Crippen LogP contribution < -0.4 is 9.47 Å². The van der Waals surface area contributed by atoms with Crippen molar-refractivity contribution in [3.05, 3.63) is 58.5 Å². The number of para-hydroxylation sites is 2. The van der Waals surface area contributed by atoms with Crippen LogP contribution >= 0.6 is 0 Å². The van der Waals surface area contributed by atoms with Gasteiger partial charge in [0.25, 0.3) is 0 Å². The largest absolute Gasteiger partial charge is 0.484 e. The topological polar surface area (TPSA) is 84.0 Å². The molecule has 0 aromatic heterocycles. The highest BCUT2D eigenvalue weighted by Crippen LogP contribution is 2.27. The van der Waals surface area contributed by atoms with E-state index in [1.54, 1.807) is 48.5 Å². The molecule has 0 saturated heterocycles. The second kappa shape index (κ2) is 8.98. The predicted molar refractivity (Wildman–Crippen MR) is 84.2 cm³/mol. The number of ether oxygens (including phenoxy) is 3. The molecule has 23 heavy (non-hydrogen) atoms. The van der Waals surface area contributed by atoms with Crippen molar-refractivity contribution in [2.45, 2.75) is 0 Å². The molecule has 7 nitrogen and oxygen atoms in total. The second-order valence-electron chi connectivity index (χ2n) is 4.44. The summed E-state index contributed by atoms with van der Waals surface area (Å²) >= 11 is 0. The van der Waals surface area contributed by atoms with Crippen LogP contribution in [0.3, 0.4) is 0 Å². The molecule has 0 radical (unpaired) electrons. The van der Waals surface area contributed by atoms with E-state index < -0.39 is 0 Å². The van der Waals surface area contributed by atoms with Crippen LogP contribution in [0, 0.1) is 10.8 Å². The van der Waals surface area contributed by atoms with Crippen molar-refractivity contribution in [3.63, 3.8) is 0 Å². The fourth-order valence-corrected chi connectivity index (χ4v) is 1.85. The molecule has 2 aromatic carbocycles. The lowest BCUT2D eigenvalue weighted by atomic mass is 10.3. The Morgan fingerprint density at radius 2 is 1.09 bits per heavy atom. The maximum absolute atomic E-state index is 8.81. The van der Waals surface area contributed by atoms with Gasteiger partial charge in [0.15, 0.2) is 9.95 Å². The quantitative estimate of drug-likeness (QED) is 0.540. The Bertz CT molecular complexity index is 660. The van der Waals surface area contributed by atoms with Crippen molar-refractivity contribution in [1.82, 2.24) is 0 Å². The minimum Gasteiger partial charge on any atom is -0.484 e. The van der Waals surface area contributed by atoms with Crippen molar-refractivity contribution in [2.24, 2.45) is 0 Å². The standard InChI is InChI=1S/C16H16N4O3/c17-19-13-5-1-3-7-15(13)22-11-9-21-10-12-23-16-8-4-2-6-14(16)20-18/h1-8H,9-12H2/q+2. The number of benzene rings is 2. The minimum atomic E-state index is 0.328. The maximum atomic E-state index is 8.81. The molecule has 0 saturated carbocycles. The zero-order chi connectivity index (χ0) is 16.3. The van der Waals surface area contributed by atoms with E-state index in [-0.39, 0.29) is 0 Å². The molecule has 0 aliphatic carbocycles. The second-order valence-corrected chi connectivity index (χ2v) is 4.44. The first-order valence-corrected chi connectivity index (χ1v) is 7.06. The van der Waals surface area contributed by atoms with Crippen molar-refractivity contribution in [3.8, 4) is 11.5 Å². The summed E-state index contributed by atoms with van der Waals surface area (Å²) in [7, 11) is 0. The Morgan fingerprint density at radius 3 is 1.52 bits per heavy atom. The third-order valence-corrected chi connectivity index (χ3v) is 2.92. The lowest BCUT2D eigenvalue weighted by molar-refractivity contribution is 0.0768. The van der Waals surface area contributed by atoms with Crippen LogP contribution in [0.4, 0.5) is 11.4 Å². The molecular weight excluding hydrogens is 296 g/mol. The van der Waals surface area contributed by atoms with Gasteiger partial charge >= 0.3 is 11.4 Å². The zero-order valence-corrected chi connectivity index (χ0v) is 12.5. The smallest absolute Gasteiger partial charge is 0.426 e. The molecule has 0 aliphatic heterocycles. The highest BCUT2D eigenvalue weighted by atomic mass is 16.5. The van der Waals surface area contributed by atoms with Gasteiger partial charge < -0.3 is 14.2 Å². The van der Waals surface area contributed by atoms with Crippen LogP contribution in [0.25, 0.3) is 9.95 Å². The predicted octanol–water partition coefficient (Wildman–Crippen LogP) is 4.13. The molecule has 0 spiro atoms. The van der Waals surface area contributed by atoms with Crippen molar-refractivity contribution >= 4 is 11.4 Å². The molecular formula is C16H16N4O3+2. The fraction of sp³-hybridized carbons (Fsp3) is 0.250. The summed E-state index contributed by atoms with van der Waals surface area (Å²) in [5.41, 5.74) is 0.750. The Kier molecular flexibility index (Phi) is 6.33.